The first kappa shape index (κ1) is 20.0. The highest BCUT2D eigenvalue weighted by Gasteiger charge is 2.10. The first-order valence-electron chi connectivity index (χ1n) is 8.89. The molecule has 1 nitrogen and oxygen atoms in total. The zero-order valence-electron chi connectivity index (χ0n) is 15.3. The molecule has 0 atom stereocenters. The third-order valence-corrected chi connectivity index (χ3v) is 4.62. The van der Waals surface area contributed by atoms with Crippen molar-refractivity contribution in [3.05, 3.63) is 88.2 Å². The molecule has 3 aromatic carbocycles. The maximum absolute atomic E-state index is 14.2. The minimum Gasteiger partial charge on any atom is -0.205 e. The second kappa shape index (κ2) is 9.44. The standard InChI is InChI=1S/C24H17ClFNS/c1-2-3-17-4-6-18(7-5-17)8-9-19-10-12-20(13-11-19)21-14-22(25)24(27-16-28)23(26)15-21/h4-7,10-15H,2-3H2,1H3. The Labute approximate surface area is 174 Å². The number of aryl methyl sites for hydroxylation is 1. The maximum Gasteiger partial charge on any atom is 0.151 e. The van der Waals surface area contributed by atoms with Gasteiger partial charge in [-0.1, -0.05) is 61.1 Å². The van der Waals surface area contributed by atoms with Crippen LogP contribution in [0.15, 0.2) is 65.7 Å². The Hall–Kier alpha value is -2.76. The zero-order chi connectivity index (χ0) is 19.9. The van der Waals surface area contributed by atoms with Crippen molar-refractivity contribution in [3.63, 3.8) is 0 Å². The van der Waals surface area contributed by atoms with Gasteiger partial charge in [0.25, 0.3) is 0 Å². The summed E-state index contributed by atoms with van der Waals surface area (Å²) in [5.41, 5.74) is 4.70. The molecule has 0 saturated heterocycles. The van der Waals surface area contributed by atoms with E-state index < -0.39 is 5.82 Å². The van der Waals surface area contributed by atoms with Crippen LogP contribution in [0.3, 0.4) is 0 Å². The van der Waals surface area contributed by atoms with E-state index in [1.54, 1.807) is 6.07 Å². The molecule has 0 amide bonds. The molecule has 4 heteroatoms. The van der Waals surface area contributed by atoms with Gasteiger partial charge >= 0.3 is 0 Å². The molecular formula is C24H17ClFNS. The molecule has 0 aliphatic rings. The Morgan fingerprint density at radius 3 is 2.07 bits per heavy atom. The smallest absolute Gasteiger partial charge is 0.151 e. The Bertz CT molecular complexity index is 1060. The Morgan fingerprint density at radius 1 is 0.929 bits per heavy atom. The molecule has 0 aromatic heterocycles. The molecule has 0 saturated carbocycles. The van der Waals surface area contributed by atoms with Gasteiger partial charge in [-0.2, -0.15) is 4.99 Å². The van der Waals surface area contributed by atoms with E-state index in [4.69, 9.17) is 11.6 Å². The van der Waals surface area contributed by atoms with E-state index in [1.165, 1.54) is 11.6 Å². The third-order valence-electron chi connectivity index (χ3n) is 4.24. The van der Waals surface area contributed by atoms with E-state index in [9.17, 15) is 4.39 Å². The van der Waals surface area contributed by atoms with Crippen LogP contribution in [0.1, 0.15) is 30.0 Å². The summed E-state index contributed by atoms with van der Waals surface area (Å²) >= 11 is 10.6. The van der Waals surface area contributed by atoms with Crippen LogP contribution in [0.25, 0.3) is 11.1 Å². The third kappa shape index (κ3) is 4.94. The lowest BCUT2D eigenvalue weighted by Gasteiger charge is -2.05. The first-order valence-corrected chi connectivity index (χ1v) is 9.67. The highest BCUT2D eigenvalue weighted by Crippen LogP contribution is 2.33. The second-order valence-corrected chi connectivity index (χ2v) is 6.86. The molecular weight excluding hydrogens is 389 g/mol. The molecule has 0 fully saturated rings. The van der Waals surface area contributed by atoms with Crippen LogP contribution >= 0.6 is 23.8 Å². The van der Waals surface area contributed by atoms with E-state index in [2.05, 4.69) is 53.3 Å². The first-order chi connectivity index (χ1) is 13.6. The predicted molar refractivity (Wildman–Crippen MR) is 118 cm³/mol. The van der Waals surface area contributed by atoms with E-state index in [0.29, 0.717) is 5.56 Å². The minimum absolute atomic E-state index is 0.00728. The number of halogens is 2. The number of aliphatic imine (C=N–C) groups is 1. The highest BCUT2D eigenvalue weighted by molar-refractivity contribution is 7.78. The van der Waals surface area contributed by atoms with Gasteiger partial charge in [-0.25, -0.2) is 4.39 Å². The monoisotopic (exact) mass is 405 g/mol. The van der Waals surface area contributed by atoms with E-state index in [0.717, 1.165) is 29.5 Å². The normalized spacial score (nSPS) is 9.96. The van der Waals surface area contributed by atoms with Crippen LogP contribution in [-0.4, -0.2) is 5.16 Å². The summed E-state index contributed by atoms with van der Waals surface area (Å²) in [6, 6.07) is 19.0. The summed E-state index contributed by atoms with van der Waals surface area (Å²) in [5.74, 6) is 5.79. The summed E-state index contributed by atoms with van der Waals surface area (Å²) in [6.07, 6.45) is 2.22. The Balaban J connectivity index is 1.80. The van der Waals surface area contributed by atoms with Crippen molar-refractivity contribution in [2.45, 2.75) is 19.8 Å². The van der Waals surface area contributed by atoms with Crippen molar-refractivity contribution in [2.24, 2.45) is 4.99 Å². The zero-order valence-corrected chi connectivity index (χ0v) is 16.9. The molecule has 0 unspecified atom stereocenters. The van der Waals surface area contributed by atoms with Gasteiger partial charge in [0.05, 0.1) is 10.2 Å². The lowest BCUT2D eigenvalue weighted by Crippen LogP contribution is -1.85. The molecule has 0 spiro atoms. The SMILES string of the molecule is CCCc1ccc(C#Cc2ccc(-c3cc(F)c(N=C=S)c(Cl)c3)cc2)cc1. The van der Waals surface area contributed by atoms with Crippen LogP contribution in [-0.2, 0) is 6.42 Å². The maximum atomic E-state index is 14.2. The number of benzene rings is 3. The number of thiocarbonyl (C=S) groups is 1. The van der Waals surface area contributed by atoms with Crippen molar-refractivity contribution in [2.75, 3.05) is 0 Å². The van der Waals surface area contributed by atoms with Crippen molar-refractivity contribution < 1.29 is 4.39 Å². The van der Waals surface area contributed by atoms with Crippen LogP contribution in [0, 0.1) is 17.7 Å². The summed E-state index contributed by atoms with van der Waals surface area (Å²) < 4.78 is 14.2. The fraction of sp³-hybridized carbons (Fsp3) is 0.125. The van der Waals surface area contributed by atoms with Gasteiger partial charge in [0.2, 0.25) is 0 Å². The lowest BCUT2D eigenvalue weighted by molar-refractivity contribution is 0.630. The average molecular weight is 406 g/mol. The topological polar surface area (TPSA) is 12.4 Å². The molecule has 0 bridgehead atoms. The van der Waals surface area contributed by atoms with Gasteiger partial charge in [-0.05, 0) is 71.7 Å². The fourth-order valence-electron chi connectivity index (χ4n) is 2.82. The molecule has 0 heterocycles. The van der Waals surface area contributed by atoms with Gasteiger partial charge in [0.1, 0.15) is 5.69 Å². The molecule has 3 rings (SSSR count). The van der Waals surface area contributed by atoms with E-state index >= 15 is 0 Å². The second-order valence-electron chi connectivity index (χ2n) is 6.27. The van der Waals surface area contributed by atoms with Gasteiger partial charge in [-0.3, -0.25) is 0 Å². The molecule has 0 N–H and O–H groups in total. The minimum atomic E-state index is -0.532. The quantitative estimate of drug-likeness (QED) is 0.253. The van der Waals surface area contributed by atoms with Crippen molar-refractivity contribution >= 4 is 34.7 Å². The number of hydrogen-bond donors (Lipinski definition) is 0. The summed E-state index contributed by atoms with van der Waals surface area (Å²) in [5, 5.41) is 2.33. The fourth-order valence-corrected chi connectivity index (χ4v) is 3.16. The van der Waals surface area contributed by atoms with Crippen LogP contribution < -0.4 is 0 Å². The highest BCUT2D eigenvalue weighted by atomic mass is 35.5. The van der Waals surface area contributed by atoms with Crippen LogP contribution in [0.2, 0.25) is 5.02 Å². The van der Waals surface area contributed by atoms with Crippen LogP contribution in [0.5, 0.6) is 0 Å². The Morgan fingerprint density at radius 2 is 1.54 bits per heavy atom. The summed E-state index contributed by atoms with van der Waals surface area (Å²) in [6.45, 7) is 2.17. The number of hydrogen-bond acceptors (Lipinski definition) is 2. The predicted octanol–water partition coefficient (Wildman–Crippen LogP) is 7.23. The largest absolute Gasteiger partial charge is 0.205 e. The molecule has 3 aromatic rings. The molecule has 0 aliphatic heterocycles. The number of rotatable bonds is 4. The molecule has 28 heavy (non-hydrogen) atoms. The lowest BCUT2D eigenvalue weighted by atomic mass is 10.0. The van der Waals surface area contributed by atoms with Gasteiger partial charge < -0.3 is 0 Å². The molecule has 0 aliphatic carbocycles. The number of isothiocyanates is 1. The van der Waals surface area contributed by atoms with E-state index in [1.807, 2.05) is 36.4 Å². The van der Waals surface area contributed by atoms with Gasteiger partial charge in [-0.15, -0.1) is 0 Å². The van der Waals surface area contributed by atoms with Crippen molar-refractivity contribution in [1.82, 2.24) is 0 Å². The van der Waals surface area contributed by atoms with Crippen LogP contribution in [0.4, 0.5) is 10.1 Å². The molecule has 138 valence electrons. The van der Waals surface area contributed by atoms with Gasteiger partial charge in [0, 0.05) is 11.1 Å². The van der Waals surface area contributed by atoms with Gasteiger partial charge in [0.15, 0.2) is 5.82 Å². The molecule has 0 radical (unpaired) electrons. The van der Waals surface area contributed by atoms with E-state index in [-0.39, 0.29) is 10.7 Å². The Kier molecular flexibility index (Phi) is 6.74. The van der Waals surface area contributed by atoms with Crippen molar-refractivity contribution in [1.29, 1.82) is 0 Å². The number of nitrogens with zero attached hydrogens (tertiary/aromatic N) is 1. The van der Waals surface area contributed by atoms with Crippen molar-refractivity contribution in [3.8, 4) is 23.0 Å². The summed E-state index contributed by atoms with van der Waals surface area (Å²) in [4.78, 5) is 3.66. The summed E-state index contributed by atoms with van der Waals surface area (Å²) in [7, 11) is 0. The average Bonchev–Trinajstić information content (AvgIpc) is 2.71.